The van der Waals surface area contributed by atoms with E-state index in [0.29, 0.717) is 0 Å². The highest BCUT2D eigenvalue weighted by Gasteiger charge is 2.13. The fourth-order valence-electron chi connectivity index (χ4n) is 3.23. The zero-order valence-corrected chi connectivity index (χ0v) is 15.6. The first-order valence-electron chi connectivity index (χ1n) is 8.85. The summed E-state index contributed by atoms with van der Waals surface area (Å²) in [6.45, 7) is 7.38. The van der Waals surface area contributed by atoms with Crippen molar-refractivity contribution in [1.29, 1.82) is 0 Å². The molecule has 0 saturated carbocycles. The molecule has 1 aromatic heterocycles. The van der Waals surface area contributed by atoms with Crippen molar-refractivity contribution in [3.8, 4) is 5.75 Å². The topological polar surface area (TPSA) is 29.5 Å². The first-order chi connectivity index (χ1) is 11.7. The maximum atomic E-state index is 9.49. The molecular weight excluding hydrogens is 316 g/mol. The Hall–Kier alpha value is -1.58. The molecule has 3 heteroatoms. The second kappa shape index (κ2) is 7.54. The van der Waals surface area contributed by atoms with Gasteiger partial charge in [-0.05, 0) is 43.5 Å². The fourth-order valence-corrected chi connectivity index (χ4v) is 4.55. The Morgan fingerprint density at radius 3 is 2.33 bits per heavy atom. The average Bonchev–Trinajstić information content (AvgIpc) is 2.97. The molecule has 0 fully saturated rings. The maximum Gasteiger partial charge on any atom is 0.123 e. The lowest BCUT2D eigenvalue weighted by atomic mass is 10.0. The Kier molecular flexibility index (Phi) is 5.42. The summed E-state index contributed by atoms with van der Waals surface area (Å²) < 4.78 is 8.61. The highest BCUT2D eigenvalue weighted by molar-refractivity contribution is 7.26. The zero-order chi connectivity index (χ0) is 17.1. The van der Waals surface area contributed by atoms with E-state index in [-0.39, 0.29) is 6.61 Å². The smallest absolute Gasteiger partial charge is 0.123 e. The molecule has 2 nitrogen and oxygen atoms in total. The van der Waals surface area contributed by atoms with E-state index in [1.165, 1.54) is 50.6 Å². The van der Waals surface area contributed by atoms with Crippen molar-refractivity contribution >= 4 is 31.5 Å². The van der Waals surface area contributed by atoms with Gasteiger partial charge in [0, 0.05) is 25.7 Å². The van der Waals surface area contributed by atoms with Gasteiger partial charge in [-0.3, -0.25) is 0 Å². The lowest BCUT2D eigenvalue weighted by Gasteiger charge is -2.09. The molecule has 0 radical (unpaired) electrons. The van der Waals surface area contributed by atoms with Crippen LogP contribution in [-0.2, 0) is 6.61 Å². The zero-order valence-electron chi connectivity index (χ0n) is 14.8. The Bertz CT molecular complexity index is 848. The minimum absolute atomic E-state index is 0.0983. The van der Waals surface area contributed by atoms with Gasteiger partial charge >= 0.3 is 0 Å². The summed E-state index contributed by atoms with van der Waals surface area (Å²) in [4.78, 5) is 0. The molecule has 0 unspecified atom stereocenters. The van der Waals surface area contributed by atoms with Crippen molar-refractivity contribution in [2.24, 2.45) is 0 Å². The molecule has 1 N–H and O–H groups in total. The number of hydrogen-bond acceptors (Lipinski definition) is 3. The number of unbranched alkanes of at least 4 members (excludes halogenated alkanes) is 3. The van der Waals surface area contributed by atoms with Crippen LogP contribution in [0.25, 0.3) is 20.2 Å². The summed E-state index contributed by atoms with van der Waals surface area (Å²) in [5, 5.41) is 12.1. The van der Waals surface area contributed by atoms with Gasteiger partial charge in [0.2, 0.25) is 0 Å². The molecule has 0 aliphatic carbocycles. The number of thiophene rings is 1. The molecule has 0 bridgehead atoms. The second-order valence-electron chi connectivity index (χ2n) is 6.46. The third-order valence-electron chi connectivity index (χ3n) is 4.79. The van der Waals surface area contributed by atoms with Crippen LogP contribution in [0.15, 0.2) is 24.3 Å². The van der Waals surface area contributed by atoms with Crippen LogP contribution < -0.4 is 4.74 Å². The second-order valence-corrected chi connectivity index (χ2v) is 7.48. The van der Waals surface area contributed by atoms with Crippen LogP contribution in [0.2, 0.25) is 0 Å². The molecule has 0 spiro atoms. The first-order valence-corrected chi connectivity index (χ1v) is 9.67. The molecular formula is C21H26O2S. The molecule has 0 atom stereocenters. The highest BCUT2D eigenvalue weighted by atomic mass is 32.1. The molecule has 1 heterocycles. The molecule has 24 heavy (non-hydrogen) atoms. The summed E-state index contributed by atoms with van der Waals surface area (Å²) in [5.41, 5.74) is 3.44. The number of aryl methyl sites for hydroxylation is 2. The number of aliphatic hydroxyl groups excluding tert-OH is 1. The van der Waals surface area contributed by atoms with Crippen LogP contribution in [0.3, 0.4) is 0 Å². The van der Waals surface area contributed by atoms with Gasteiger partial charge in [0.1, 0.15) is 5.75 Å². The van der Waals surface area contributed by atoms with Crippen LogP contribution in [0.4, 0.5) is 0 Å². The van der Waals surface area contributed by atoms with Gasteiger partial charge in [-0.2, -0.15) is 0 Å². The van der Waals surface area contributed by atoms with Crippen molar-refractivity contribution in [3.63, 3.8) is 0 Å². The fraction of sp³-hybridized carbons (Fsp3) is 0.429. The molecule has 0 aliphatic heterocycles. The predicted molar refractivity (Wildman–Crippen MR) is 104 cm³/mol. The van der Waals surface area contributed by atoms with Gasteiger partial charge < -0.3 is 9.84 Å². The first kappa shape index (κ1) is 17.2. The highest BCUT2D eigenvalue weighted by Crippen LogP contribution is 2.41. The normalized spacial score (nSPS) is 11.5. The summed E-state index contributed by atoms with van der Waals surface area (Å²) >= 11 is 1.81. The van der Waals surface area contributed by atoms with Crippen LogP contribution in [0.5, 0.6) is 5.75 Å². The minimum atomic E-state index is 0.0983. The SMILES string of the molecule is CCCCCCOc1ccc2c(sc3c(C)c(CO)ccc32)c1C. The molecule has 3 rings (SSSR count). The monoisotopic (exact) mass is 342 g/mol. The molecule has 2 aromatic carbocycles. The van der Waals surface area contributed by atoms with Gasteiger partial charge in [0.25, 0.3) is 0 Å². The molecule has 0 aliphatic rings. The van der Waals surface area contributed by atoms with Gasteiger partial charge in [-0.25, -0.2) is 0 Å². The maximum absolute atomic E-state index is 9.49. The Labute approximate surface area is 148 Å². The number of ether oxygens (including phenoxy) is 1. The van der Waals surface area contributed by atoms with E-state index in [4.69, 9.17) is 4.74 Å². The molecule has 3 aromatic rings. The van der Waals surface area contributed by atoms with Crippen molar-refractivity contribution < 1.29 is 9.84 Å². The third-order valence-corrected chi connectivity index (χ3v) is 6.25. The van der Waals surface area contributed by atoms with Crippen LogP contribution in [-0.4, -0.2) is 11.7 Å². The van der Waals surface area contributed by atoms with Gasteiger partial charge in [0.05, 0.1) is 13.2 Å². The van der Waals surface area contributed by atoms with Crippen LogP contribution in [0.1, 0.15) is 49.3 Å². The Morgan fingerprint density at radius 1 is 0.917 bits per heavy atom. The quantitative estimate of drug-likeness (QED) is 0.524. The van der Waals surface area contributed by atoms with E-state index in [1.54, 1.807) is 0 Å². The van der Waals surface area contributed by atoms with Crippen LogP contribution >= 0.6 is 11.3 Å². The van der Waals surface area contributed by atoms with Crippen molar-refractivity contribution in [2.75, 3.05) is 6.61 Å². The van der Waals surface area contributed by atoms with E-state index < -0.39 is 0 Å². The largest absolute Gasteiger partial charge is 0.493 e. The summed E-state index contributed by atoms with van der Waals surface area (Å²) in [6, 6.07) is 8.47. The van der Waals surface area contributed by atoms with E-state index in [2.05, 4.69) is 39.0 Å². The molecule has 0 amide bonds. The van der Waals surface area contributed by atoms with E-state index in [9.17, 15) is 5.11 Å². The molecule has 0 saturated heterocycles. The van der Waals surface area contributed by atoms with Gasteiger partial charge in [-0.15, -0.1) is 11.3 Å². The summed E-state index contributed by atoms with van der Waals surface area (Å²) in [6.07, 6.45) is 4.90. The Morgan fingerprint density at radius 2 is 1.62 bits per heavy atom. The minimum Gasteiger partial charge on any atom is -0.493 e. The number of fused-ring (bicyclic) bond motifs is 3. The average molecular weight is 343 g/mol. The van der Waals surface area contributed by atoms with Gasteiger partial charge in [-0.1, -0.05) is 38.3 Å². The predicted octanol–water partition coefficient (Wildman–Crippen LogP) is 6.12. The van der Waals surface area contributed by atoms with E-state index in [1.807, 2.05) is 17.4 Å². The molecule has 128 valence electrons. The lowest BCUT2D eigenvalue weighted by molar-refractivity contribution is 0.281. The van der Waals surface area contributed by atoms with Gasteiger partial charge in [0.15, 0.2) is 0 Å². The number of hydrogen-bond donors (Lipinski definition) is 1. The number of benzene rings is 2. The third kappa shape index (κ3) is 3.15. The van der Waals surface area contributed by atoms with Crippen molar-refractivity contribution in [3.05, 3.63) is 41.0 Å². The number of aliphatic hydroxyl groups is 1. The Balaban J connectivity index is 1.93. The number of rotatable bonds is 7. The van der Waals surface area contributed by atoms with Crippen LogP contribution in [0, 0.1) is 13.8 Å². The lowest BCUT2D eigenvalue weighted by Crippen LogP contribution is -1.98. The van der Waals surface area contributed by atoms with E-state index >= 15 is 0 Å². The standard InChI is InChI=1S/C21H26O2S/c1-4-5-6-7-12-23-19-11-10-18-17-9-8-16(13-22)14(2)20(17)24-21(18)15(19)3/h8-11,22H,4-7,12-13H2,1-3H3. The van der Waals surface area contributed by atoms with Crippen molar-refractivity contribution in [1.82, 2.24) is 0 Å². The summed E-state index contributed by atoms with van der Waals surface area (Å²) in [7, 11) is 0. The van der Waals surface area contributed by atoms with E-state index in [0.717, 1.165) is 24.3 Å². The van der Waals surface area contributed by atoms with Crippen molar-refractivity contribution in [2.45, 2.75) is 53.1 Å². The summed E-state index contributed by atoms with van der Waals surface area (Å²) in [5.74, 6) is 1.01.